The average molecular weight is 360 g/mol. The van der Waals surface area contributed by atoms with Gasteiger partial charge in [-0.2, -0.15) is 8.96 Å². The van der Waals surface area contributed by atoms with Crippen molar-refractivity contribution in [3.05, 3.63) is 47.6 Å². The average Bonchev–Trinajstić information content (AvgIpc) is 2.98. The molecule has 1 saturated heterocycles. The molecule has 7 heteroatoms. The molecule has 1 unspecified atom stereocenters. The molecule has 0 bridgehead atoms. The van der Waals surface area contributed by atoms with Crippen molar-refractivity contribution < 1.29 is 13.3 Å². The monoisotopic (exact) mass is 360 g/mol. The predicted octanol–water partition coefficient (Wildman–Crippen LogP) is 2.07. The minimum atomic E-state index is -0.830. The van der Waals surface area contributed by atoms with Crippen molar-refractivity contribution >= 4 is 5.70 Å². The van der Waals surface area contributed by atoms with Gasteiger partial charge in [-0.1, -0.05) is 19.1 Å². The minimum Gasteiger partial charge on any atom is -0.364 e. The van der Waals surface area contributed by atoms with Gasteiger partial charge >= 0.3 is 5.82 Å². The molecular formula is C19H24F2N5+. The van der Waals surface area contributed by atoms with Gasteiger partial charge in [-0.3, -0.25) is 0 Å². The molecule has 3 heterocycles. The van der Waals surface area contributed by atoms with Gasteiger partial charge in [0, 0.05) is 31.3 Å². The summed E-state index contributed by atoms with van der Waals surface area (Å²) in [6, 6.07) is 2.91. The van der Waals surface area contributed by atoms with Crippen molar-refractivity contribution in [2.75, 3.05) is 33.2 Å². The van der Waals surface area contributed by atoms with Gasteiger partial charge in [-0.25, -0.2) is 4.39 Å². The van der Waals surface area contributed by atoms with Crippen molar-refractivity contribution in [2.24, 2.45) is 7.05 Å². The zero-order valence-corrected chi connectivity index (χ0v) is 15.4. The fraction of sp³-hybridized carbons (Fsp3) is 0.474. The second kappa shape index (κ2) is 6.46. The standard InChI is InChI=1S/C19H24F2N5/c1-13-4-7-16(25-10-8-23(2)9-11-25)19-22-24(3)12-26(19)18-14(13)5-6-15(20)17(18)21/h5-7,12-13H,4,8-11H2,1-3H3/q+1. The summed E-state index contributed by atoms with van der Waals surface area (Å²) >= 11 is 0. The molecular weight excluding hydrogens is 336 g/mol. The number of fused-ring (bicyclic) bond motifs is 3. The van der Waals surface area contributed by atoms with Crippen LogP contribution in [0.1, 0.15) is 30.7 Å². The lowest BCUT2D eigenvalue weighted by atomic mass is 9.93. The van der Waals surface area contributed by atoms with E-state index in [2.05, 4.69) is 34.9 Å². The van der Waals surface area contributed by atoms with Crippen LogP contribution >= 0.6 is 0 Å². The van der Waals surface area contributed by atoms with E-state index in [9.17, 15) is 8.78 Å². The smallest absolute Gasteiger partial charge is 0.329 e. The molecule has 0 saturated carbocycles. The topological polar surface area (TPSA) is 28.2 Å². The molecule has 5 nitrogen and oxygen atoms in total. The predicted molar refractivity (Wildman–Crippen MR) is 94.7 cm³/mol. The molecule has 0 amide bonds. The molecule has 0 spiro atoms. The number of rotatable bonds is 1. The molecule has 0 radical (unpaired) electrons. The lowest BCUT2D eigenvalue weighted by Crippen LogP contribution is -2.46. The Labute approximate surface area is 152 Å². The van der Waals surface area contributed by atoms with Crippen molar-refractivity contribution in [3.63, 3.8) is 0 Å². The largest absolute Gasteiger partial charge is 0.364 e. The fourth-order valence-electron chi connectivity index (χ4n) is 3.81. The molecule has 1 aromatic carbocycles. The molecule has 1 atom stereocenters. The second-order valence-electron chi connectivity index (χ2n) is 7.30. The van der Waals surface area contributed by atoms with E-state index in [0.29, 0.717) is 5.82 Å². The van der Waals surface area contributed by atoms with Crippen LogP contribution < -0.4 is 4.57 Å². The number of nitrogens with zero attached hydrogens (tertiary/aromatic N) is 5. The van der Waals surface area contributed by atoms with E-state index in [0.717, 1.165) is 43.9 Å². The van der Waals surface area contributed by atoms with Crippen LogP contribution in [-0.2, 0) is 7.05 Å². The number of piperazine rings is 1. The third-order valence-electron chi connectivity index (χ3n) is 5.37. The van der Waals surface area contributed by atoms with E-state index >= 15 is 0 Å². The molecule has 0 aliphatic carbocycles. The van der Waals surface area contributed by atoms with Crippen LogP contribution in [0.25, 0.3) is 11.4 Å². The highest BCUT2D eigenvalue weighted by atomic mass is 19.2. The van der Waals surface area contributed by atoms with Gasteiger partial charge in [0.15, 0.2) is 11.6 Å². The van der Waals surface area contributed by atoms with Gasteiger partial charge in [0.25, 0.3) is 0 Å². The normalized spacial score (nSPS) is 20.9. The van der Waals surface area contributed by atoms with E-state index in [1.165, 1.54) is 6.07 Å². The van der Waals surface area contributed by atoms with Gasteiger partial charge in [0.1, 0.15) is 11.4 Å². The molecule has 1 aromatic heterocycles. The van der Waals surface area contributed by atoms with Gasteiger partial charge in [0.05, 0.1) is 7.05 Å². The first-order valence-corrected chi connectivity index (χ1v) is 9.03. The number of allylic oxidation sites excluding steroid dienone is 1. The molecule has 26 heavy (non-hydrogen) atoms. The Morgan fingerprint density at radius 3 is 2.58 bits per heavy atom. The first-order chi connectivity index (χ1) is 12.5. The summed E-state index contributed by atoms with van der Waals surface area (Å²) in [6.07, 6.45) is 4.67. The molecule has 1 fully saturated rings. The number of halogens is 2. The Kier molecular flexibility index (Phi) is 4.26. The Hall–Kier alpha value is -2.28. The summed E-state index contributed by atoms with van der Waals surface area (Å²) in [4.78, 5) is 4.59. The maximum absolute atomic E-state index is 14.8. The third kappa shape index (κ3) is 2.80. The Morgan fingerprint density at radius 1 is 1.12 bits per heavy atom. The van der Waals surface area contributed by atoms with Crippen molar-refractivity contribution in [2.45, 2.75) is 19.3 Å². The number of aromatic nitrogens is 3. The molecule has 138 valence electrons. The van der Waals surface area contributed by atoms with E-state index < -0.39 is 11.6 Å². The molecule has 4 rings (SSSR count). The van der Waals surface area contributed by atoms with Crippen LogP contribution in [0.2, 0.25) is 0 Å². The van der Waals surface area contributed by atoms with E-state index in [4.69, 9.17) is 0 Å². The summed E-state index contributed by atoms with van der Waals surface area (Å²) in [7, 11) is 3.92. The van der Waals surface area contributed by atoms with Gasteiger partial charge < -0.3 is 9.80 Å². The number of hydrogen-bond acceptors (Lipinski definition) is 3. The van der Waals surface area contributed by atoms with Crippen molar-refractivity contribution in [3.8, 4) is 5.69 Å². The molecule has 2 aromatic rings. The minimum absolute atomic E-state index is 0.0865. The number of aryl methyl sites for hydroxylation is 1. The van der Waals surface area contributed by atoms with Crippen LogP contribution in [-0.4, -0.2) is 52.8 Å². The van der Waals surface area contributed by atoms with Crippen molar-refractivity contribution in [1.82, 2.24) is 19.6 Å². The second-order valence-corrected chi connectivity index (χ2v) is 7.30. The Balaban J connectivity index is 1.88. The summed E-state index contributed by atoms with van der Waals surface area (Å²) in [6.45, 7) is 5.78. The highest BCUT2D eigenvalue weighted by molar-refractivity contribution is 5.58. The Bertz CT molecular complexity index is 865. The van der Waals surface area contributed by atoms with E-state index in [1.54, 1.807) is 28.7 Å². The first kappa shape index (κ1) is 17.1. The highest BCUT2D eigenvalue weighted by Gasteiger charge is 2.33. The molecule has 2 aliphatic rings. The van der Waals surface area contributed by atoms with E-state index in [1.807, 2.05) is 0 Å². The van der Waals surface area contributed by atoms with Crippen LogP contribution in [0.15, 0.2) is 24.5 Å². The number of likely N-dealkylation sites (N-methyl/N-ethyl adjacent to an activating group) is 1. The zero-order valence-electron chi connectivity index (χ0n) is 15.4. The van der Waals surface area contributed by atoms with Gasteiger partial charge in [-0.05, 0) is 31.0 Å². The number of benzene rings is 1. The quantitative estimate of drug-likeness (QED) is 0.729. The lowest BCUT2D eigenvalue weighted by Gasteiger charge is -2.34. The van der Waals surface area contributed by atoms with Crippen LogP contribution in [0.5, 0.6) is 0 Å². The summed E-state index contributed by atoms with van der Waals surface area (Å²) in [5, 5.41) is 4.59. The lowest BCUT2D eigenvalue weighted by molar-refractivity contribution is -0.602. The first-order valence-electron chi connectivity index (χ1n) is 9.03. The highest BCUT2D eigenvalue weighted by Crippen LogP contribution is 2.31. The van der Waals surface area contributed by atoms with Gasteiger partial charge in [-0.15, -0.1) is 4.68 Å². The fourth-order valence-corrected chi connectivity index (χ4v) is 3.81. The van der Waals surface area contributed by atoms with Crippen LogP contribution in [0.4, 0.5) is 8.78 Å². The van der Waals surface area contributed by atoms with E-state index in [-0.39, 0.29) is 11.6 Å². The van der Waals surface area contributed by atoms with Gasteiger partial charge in [0.2, 0.25) is 6.33 Å². The maximum atomic E-state index is 14.8. The SMILES string of the molecule is CC1CC=C(N2CCN(C)CC2)c2nn(C)c[n+]2-c2c1ccc(F)c2F. The Morgan fingerprint density at radius 2 is 1.85 bits per heavy atom. The summed E-state index contributed by atoms with van der Waals surface area (Å²) < 4.78 is 32.2. The van der Waals surface area contributed by atoms with Crippen LogP contribution in [0.3, 0.4) is 0 Å². The molecule has 2 aliphatic heterocycles. The number of hydrogen-bond donors (Lipinski definition) is 0. The summed E-state index contributed by atoms with van der Waals surface area (Å²) in [5.74, 6) is -0.893. The van der Waals surface area contributed by atoms with Crippen LogP contribution in [0, 0.1) is 11.6 Å². The molecule has 0 N–H and O–H groups in total. The zero-order chi connectivity index (χ0) is 18.4. The third-order valence-corrected chi connectivity index (χ3v) is 5.37. The maximum Gasteiger partial charge on any atom is 0.329 e. The summed E-state index contributed by atoms with van der Waals surface area (Å²) in [5.41, 5.74) is 2.08. The van der Waals surface area contributed by atoms with Crippen molar-refractivity contribution in [1.29, 1.82) is 0 Å².